The second kappa shape index (κ2) is 12.3. The minimum Gasteiger partial charge on any atom is -0.289 e. The van der Waals surface area contributed by atoms with Crippen LogP contribution >= 0.6 is 11.8 Å². The first kappa shape index (κ1) is 19.9. The fourth-order valence-electron chi connectivity index (χ4n) is 2.31. The highest BCUT2D eigenvalue weighted by Crippen LogP contribution is 2.17. The molecular weight excluding hydrogens is 308 g/mol. The van der Waals surface area contributed by atoms with Gasteiger partial charge in [-0.2, -0.15) is 0 Å². The number of carbonyl (C=O) groups excluding carboxylic acids is 1. The Morgan fingerprint density at radius 2 is 1.78 bits per heavy atom. The molecule has 1 aromatic rings. The van der Waals surface area contributed by atoms with Crippen molar-refractivity contribution in [2.24, 2.45) is 5.84 Å². The molecule has 6 heteroatoms. The number of nitrogens with two attached hydrogens (primary N) is 1. The lowest BCUT2D eigenvalue weighted by Crippen LogP contribution is -2.31. The van der Waals surface area contributed by atoms with Crippen LogP contribution in [-0.4, -0.2) is 21.6 Å². The summed E-state index contributed by atoms with van der Waals surface area (Å²) in [5.74, 6) is 5.81. The van der Waals surface area contributed by atoms with Crippen molar-refractivity contribution >= 4 is 17.7 Å². The molecule has 23 heavy (non-hydrogen) atoms. The Bertz CT molecular complexity index is 468. The van der Waals surface area contributed by atoms with Crippen LogP contribution in [0.15, 0.2) is 11.2 Å². The minimum absolute atomic E-state index is 0.355. The molecule has 0 unspecified atom stereocenters. The van der Waals surface area contributed by atoms with Gasteiger partial charge in [0.1, 0.15) is 5.69 Å². The van der Waals surface area contributed by atoms with Gasteiger partial charge in [0.05, 0.1) is 0 Å². The summed E-state index contributed by atoms with van der Waals surface area (Å²) in [6.07, 6.45) is 10.8. The number of nitrogens with zero attached hydrogens (tertiary/aromatic N) is 2. The Labute approximate surface area is 144 Å². The number of amides is 1. The van der Waals surface area contributed by atoms with Crippen molar-refractivity contribution in [3.05, 3.63) is 17.5 Å². The molecule has 0 atom stereocenters. The molecule has 1 amide bonds. The molecule has 3 N–H and O–H groups in total. The highest BCUT2D eigenvalue weighted by atomic mass is 32.2. The summed E-state index contributed by atoms with van der Waals surface area (Å²) >= 11 is 1.59. The van der Waals surface area contributed by atoms with Gasteiger partial charge in [0, 0.05) is 11.4 Å². The first-order valence-corrected chi connectivity index (χ1v) is 9.71. The molecule has 1 heterocycles. The summed E-state index contributed by atoms with van der Waals surface area (Å²) in [7, 11) is 0. The van der Waals surface area contributed by atoms with Crippen LogP contribution in [0.1, 0.15) is 81.4 Å². The summed E-state index contributed by atoms with van der Waals surface area (Å²) in [5, 5.41) is 0.672. The fourth-order valence-corrected chi connectivity index (χ4v) is 3.04. The molecule has 1 aromatic heterocycles. The first-order valence-electron chi connectivity index (χ1n) is 8.73. The second-order valence-electron chi connectivity index (χ2n) is 5.72. The number of rotatable bonds is 12. The zero-order valence-corrected chi connectivity index (χ0v) is 15.3. The van der Waals surface area contributed by atoms with Crippen LogP contribution in [0, 0.1) is 0 Å². The number of aryl methyl sites for hydroxylation is 1. The van der Waals surface area contributed by atoms with Gasteiger partial charge in [-0.15, -0.1) is 0 Å². The molecule has 1 rings (SSSR count). The predicted octanol–water partition coefficient (Wildman–Crippen LogP) is 3.88. The minimum atomic E-state index is -0.355. The molecular formula is C17H30N4OS. The van der Waals surface area contributed by atoms with Crippen molar-refractivity contribution in [1.82, 2.24) is 15.4 Å². The summed E-state index contributed by atoms with van der Waals surface area (Å²) in [6, 6.07) is 1.76. The van der Waals surface area contributed by atoms with Gasteiger partial charge in [-0.3, -0.25) is 10.2 Å². The first-order chi connectivity index (χ1) is 11.2. The number of carbonyl (C=O) groups is 1. The zero-order chi connectivity index (χ0) is 16.9. The molecule has 0 aliphatic heterocycles. The SMILES string of the molecule is CCCCCCCCCc1cc(C(=O)NN)nc(SCCC)n1. The van der Waals surface area contributed by atoms with Crippen LogP contribution in [-0.2, 0) is 6.42 Å². The van der Waals surface area contributed by atoms with Crippen LogP contribution in [0.5, 0.6) is 0 Å². The van der Waals surface area contributed by atoms with Crippen LogP contribution < -0.4 is 11.3 Å². The highest BCUT2D eigenvalue weighted by molar-refractivity contribution is 7.99. The molecule has 130 valence electrons. The van der Waals surface area contributed by atoms with Crippen molar-refractivity contribution in [3.63, 3.8) is 0 Å². The van der Waals surface area contributed by atoms with Gasteiger partial charge in [0.25, 0.3) is 5.91 Å². The van der Waals surface area contributed by atoms with E-state index in [2.05, 4.69) is 29.2 Å². The number of aromatic nitrogens is 2. The number of nitrogens with one attached hydrogen (secondary N) is 1. The summed E-state index contributed by atoms with van der Waals surface area (Å²) < 4.78 is 0. The number of thioether (sulfide) groups is 1. The fraction of sp³-hybridized carbons (Fsp3) is 0.706. The van der Waals surface area contributed by atoms with Crippen molar-refractivity contribution < 1.29 is 4.79 Å². The quantitative estimate of drug-likeness (QED) is 0.151. The van der Waals surface area contributed by atoms with Crippen LogP contribution in [0.3, 0.4) is 0 Å². The number of nitrogen functional groups attached to an aromatic ring is 1. The van der Waals surface area contributed by atoms with Crippen LogP contribution in [0.2, 0.25) is 0 Å². The van der Waals surface area contributed by atoms with Gasteiger partial charge in [0.15, 0.2) is 5.16 Å². The van der Waals surface area contributed by atoms with E-state index in [-0.39, 0.29) is 5.91 Å². The van der Waals surface area contributed by atoms with Gasteiger partial charge in [-0.05, 0) is 25.3 Å². The average Bonchev–Trinajstić information content (AvgIpc) is 2.58. The number of hydrogen-bond donors (Lipinski definition) is 2. The lowest BCUT2D eigenvalue weighted by atomic mass is 10.1. The smallest absolute Gasteiger partial charge is 0.283 e. The second-order valence-corrected chi connectivity index (χ2v) is 6.78. The Balaban J connectivity index is 2.53. The van der Waals surface area contributed by atoms with Gasteiger partial charge >= 0.3 is 0 Å². The Hall–Kier alpha value is -1.14. The van der Waals surface area contributed by atoms with E-state index in [4.69, 9.17) is 5.84 Å². The summed E-state index contributed by atoms with van der Waals surface area (Å²) in [5.41, 5.74) is 3.45. The van der Waals surface area contributed by atoms with E-state index in [9.17, 15) is 4.79 Å². The van der Waals surface area contributed by atoms with Gasteiger partial charge in [-0.1, -0.05) is 64.1 Å². The molecule has 0 spiro atoms. The third kappa shape index (κ3) is 8.32. The molecule has 0 fully saturated rings. The predicted molar refractivity (Wildman–Crippen MR) is 96.4 cm³/mol. The molecule has 0 saturated heterocycles. The maximum atomic E-state index is 11.7. The topological polar surface area (TPSA) is 80.9 Å². The monoisotopic (exact) mass is 338 g/mol. The third-order valence-corrected chi connectivity index (χ3v) is 4.65. The summed E-state index contributed by atoms with van der Waals surface area (Å²) in [6.45, 7) is 4.35. The van der Waals surface area contributed by atoms with Gasteiger partial charge in [0.2, 0.25) is 0 Å². The molecule has 0 aromatic carbocycles. The van der Waals surface area contributed by atoms with Crippen molar-refractivity contribution in [3.8, 4) is 0 Å². The van der Waals surface area contributed by atoms with E-state index in [1.165, 1.54) is 38.5 Å². The standard InChI is InChI=1S/C17H30N4OS/c1-3-5-6-7-8-9-10-11-14-13-15(16(22)21-18)20-17(19-14)23-12-4-2/h13H,3-12,18H2,1-2H3,(H,21,22). The van der Waals surface area contributed by atoms with Gasteiger partial charge < -0.3 is 0 Å². The van der Waals surface area contributed by atoms with Crippen molar-refractivity contribution in [2.75, 3.05) is 5.75 Å². The maximum absolute atomic E-state index is 11.7. The van der Waals surface area contributed by atoms with Crippen LogP contribution in [0.4, 0.5) is 0 Å². The third-order valence-electron chi connectivity index (χ3n) is 3.59. The Morgan fingerprint density at radius 3 is 2.43 bits per heavy atom. The average molecular weight is 339 g/mol. The maximum Gasteiger partial charge on any atom is 0.283 e. The van der Waals surface area contributed by atoms with E-state index in [0.717, 1.165) is 30.7 Å². The highest BCUT2D eigenvalue weighted by Gasteiger charge is 2.11. The van der Waals surface area contributed by atoms with E-state index in [1.807, 2.05) is 0 Å². The van der Waals surface area contributed by atoms with E-state index >= 15 is 0 Å². The Morgan fingerprint density at radius 1 is 1.09 bits per heavy atom. The molecule has 0 radical (unpaired) electrons. The van der Waals surface area contributed by atoms with E-state index in [0.29, 0.717) is 10.9 Å². The largest absolute Gasteiger partial charge is 0.289 e. The Kier molecular flexibility index (Phi) is 10.6. The van der Waals surface area contributed by atoms with Crippen molar-refractivity contribution in [2.45, 2.75) is 76.8 Å². The lowest BCUT2D eigenvalue weighted by Gasteiger charge is -2.07. The van der Waals surface area contributed by atoms with E-state index < -0.39 is 0 Å². The number of hydrazine groups is 1. The van der Waals surface area contributed by atoms with Gasteiger partial charge in [-0.25, -0.2) is 15.8 Å². The number of unbranched alkanes of at least 4 members (excludes halogenated alkanes) is 6. The molecule has 0 bridgehead atoms. The lowest BCUT2D eigenvalue weighted by molar-refractivity contribution is 0.0947. The molecule has 0 aliphatic carbocycles. The molecule has 0 saturated carbocycles. The molecule has 0 aliphatic rings. The summed E-state index contributed by atoms with van der Waals surface area (Å²) in [4.78, 5) is 20.6. The van der Waals surface area contributed by atoms with E-state index in [1.54, 1.807) is 17.8 Å². The molecule has 5 nitrogen and oxygen atoms in total. The van der Waals surface area contributed by atoms with Crippen LogP contribution in [0.25, 0.3) is 0 Å². The van der Waals surface area contributed by atoms with Crippen molar-refractivity contribution in [1.29, 1.82) is 0 Å². The normalized spacial score (nSPS) is 10.7. The number of hydrogen-bond acceptors (Lipinski definition) is 5. The zero-order valence-electron chi connectivity index (χ0n) is 14.4.